The number of carbonyl (C=O) groups excluding carboxylic acids is 7. The summed E-state index contributed by atoms with van der Waals surface area (Å²) < 4.78 is 33.1. The summed E-state index contributed by atoms with van der Waals surface area (Å²) in [5.41, 5.74) is -1.59. The van der Waals surface area contributed by atoms with Crippen LogP contribution in [0.5, 0.6) is 0 Å². The van der Waals surface area contributed by atoms with E-state index in [9.17, 15) is 48.3 Å². The molecule has 23 nitrogen and oxygen atoms in total. The van der Waals surface area contributed by atoms with Gasteiger partial charge in [0.15, 0.2) is 0 Å². The van der Waals surface area contributed by atoms with E-state index < -0.39 is 82.6 Å². The lowest BCUT2D eigenvalue weighted by atomic mass is 10.1. The van der Waals surface area contributed by atoms with Crippen LogP contribution in [0.4, 0.5) is 30.1 Å². The van der Waals surface area contributed by atoms with Crippen LogP contribution < -0.4 is 36.9 Å². The number of alkyl carbamates (subject to hydrolysis) is 2. The second-order valence-electron chi connectivity index (χ2n) is 18.8. The maximum atomic E-state index is 15.4. The molecule has 0 saturated carbocycles. The molecule has 1 aliphatic heterocycles. The van der Waals surface area contributed by atoms with Gasteiger partial charge in [-0.25, -0.2) is 23.6 Å². The Labute approximate surface area is 415 Å². The number of anilines is 2. The quantitative estimate of drug-likeness (QED) is 0.0636. The van der Waals surface area contributed by atoms with E-state index in [4.69, 9.17) is 14.2 Å². The molecule has 1 fully saturated rings. The Kier molecular flexibility index (Phi) is 20.0. The molecule has 1 saturated heterocycles. The van der Waals surface area contributed by atoms with Crippen LogP contribution in [0.2, 0.25) is 0 Å². The fraction of sp³-hybridized carbons (Fsp3) is 0.500. The Hall–Kier alpha value is -7.79. The molecule has 0 spiro atoms. The molecule has 0 unspecified atom stereocenters. The number of nitrogens with zero attached hydrogens (tertiary/aromatic N) is 5. The highest BCUT2D eigenvalue weighted by Crippen LogP contribution is 2.27. The number of aromatic carboxylic acids is 1. The molecule has 4 rings (SSSR count). The average Bonchev–Trinajstić information content (AvgIpc) is 3.28. The summed E-state index contributed by atoms with van der Waals surface area (Å²) in [6.07, 6.45) is -1.06. The van der Waals surface area contributed by atoms with Crippen LogP contribution in [0.15, 0.2) is 52.4 Å². The third-order valence-corrected chi connectivity index (χ3v) is 10.5. The molecule has 2 heterocycles. The molecule has 2 aromatic carbocycles. The molecule has 72 heavy (non-hydrogen) atoms. The van der Waals surface area contributed by atoms with Gasteiger partial charge in [-0.05, 0) is 91.1 Å². The molecular formula is C48H65FN10O13. The first-order valence-electron chi connectivity index (χ1n) is 23.2. The van der Waals surface area contributed by atoms with Crippen LogP contribution in [-0.4, -0.2) is 144 Å². The Morgan fingerprint density at radius 1 is 0.861 bits per heavy atom. The molecule has 1 aromatic heterocycles. The van der Waals surface area contributed by atoms with Crippen molar-refractivity contribution in [1.29, 1.82) is 0 Å². The number of benzene rings is 2. The number of fused-ring (bicyclic) bond motifs is 1. The number of amides is 7. The summed E-state index contributed by atoms with van der Waals surface area (Å²) in [7, 11) is 3.20. The number of guanidine groups is 1. The first-order chi connectivity index (χ1) is 33.7. The Morgan fingerprint density at radius 3 is 2.03 bits per heavy atom. The number of piperazine rings is 1. The molecule has 3 aromatic rings. The van der Waals surface area contributed by atoms with Crippen LogP contribution in [0.3, 0.4) is 0 Å². The second kappa shape index (κ2) is 25.4. The first-order valence-corrected chi connectivity index (χ1v) is 23.2. The molecular weight excluding hydrogens is 944 g/mol. The zero-order valence-corrected chi connectivity index (χ0v) is 42.1. The number of nitrogens with one attached hydrogen (secondary N) is 5. The summed E-state index contributed by atoms with van der Waals surface area (Å²) >= 11 is 0. The largest absolute Gasteiger partial charge is 0.477 e. The lowest BCUT2D eigenvalue weighted by Gasteiger charge is -2.35. The van der Waals surface area contributed by atoms with Crippen molar-refractivity contribution in [2.24, 2.45) is 4.99 Å². The van der Waals surface area contributed by atoms with Crippen LogP contribution in [0.1, 0.15) is 90.1 Å². The number of carbonyl (C=O) groups is 8. The van der Waals surface area contributed by atoms with Crippen molar-refractivity contribution in [3.05, 3.63) is 69.8 Å². The number of pyridine rings is 1. The van der Waals surface area contributed by atoms with Gasteiger partial charge in [-0.3, -0.25) is 39.6 Å². The van der Waals surface area contributed by atoms with Crippen molar-refractivity contribution in [2.45, 2.75) is 105 Å². The third kappa shape index (κ3) is 17.9. The number of halogens is 1. The number of rotatable bonds is 17. The smallest absolute Gasteiger partial charge is 0.414 e. The van der Waals surface area contributed by atoms with E-state index in [0.29, 0.717) is 23.3 Å². The van der Waals surface area contributed by atoms with Crippen LogP contribution >= 0.6 is 0 Å². The first kappa shape index (κ1) is 56.8. The zero-order valence-electron chi connectivity index (χ0n) is 42.1. The van der Waals surface area contributed by atoms with E-state index in [1.165, 1.54) is 22.1 Å². The number of hydrogen-bond acceptors (Lipinski definition) is 14. The molecule has 392 valence electrons. The van der Waals surface area contributed by atoms with Crippen molar-refractivity contribution in [1.82, 2.24) is 35.6 Å². The van der Waals surface area contributed by atoms with Gasteiger partial charge in [0.1, 0.15) is 35.2 Å². The fourth-order valence-electron chi connectivity index (χ4n) is 6.96. The monoisotopic (exact) mass is 1010 g/mol. The summed E-state index contributed by atoms with van der Waals surface area (Å²) in [6, 6.07) is 7.58. The van der Waals surface area contributed by atoms with Crippen molar-refractivity contribution in [3.63, 3.8) is 0 Å². The fourth-order valence-corrected chi connectivity index (χ4v) is 6.96. The van der Waals surface area contributed by atoms with Gasteiger partial charge >= 0.3 is 24.2 Å². The van der Waals surface area contributed by atoms with Gasteiger partial charge in [-0.15, -0.1) is 0 Å². The van der Waals surface area contributed by atoms with E-state index >= 15 is 4.39 Å². The molecule has 0 bridgehead atoms. The summed E-state index contributed by atoms with van der Waals surface area (Å²) in [5, 5.41) is 21.9. The van der Waals surface area contributed by atoms with E-state index in [-0.39, 0.29) is 88.0 Å². The third-order valence-electron chi connectivity index (χ3n) is 10.5. The van der Waals surface area contributed by atoms with Crippen LogP contribution in [-0.2, 0) is 46.5 Å². The maximum Gasteiger partial charge on any atom is 0.414 e. The molecule has 7 amide bonds. The van der Waals surface area contributed by atoms with E-state index in [1.54, 1.807) is 96.3 Å². The Bertz CT molecular complexity index is 2550. The number of aryl methyl sites for hydroxylation is 1. The summed E-state index contributed by atoms with van der Waals surface area (Å²) in [4.78, 5) is 123. The van der Waals surface area contributed by atoms with Crippen LogP contribution in [0.25, 0.3) is 10.9 Å². The number of hydrogen-bond donors (Lipinski definition) is 6. The highest BCUT2D eigenvalue weighted by molar-refractivity contribution is 6.02. The normalized spacial score (nSPS) is 13.0. The SMILES string of the molecule is CCn1cc(C(=O)O)c(=O)c2cc(F)c(N3CCN(C(=O)OCc4ccc(NC(=O)[C@H](CCN=C(NC(=O)OC(C)(C)C)NC(=O)OC(C)(C)C)NC(=O)CNC(=O)CCCC(=O)N(C)C)cc4)CC3)cc21. The van der Waals surface area contributed by atoms with Gasteiger partial charge < -0.3 is 54.5 Å². The average molecular weight is 1010 g/mol. The van der Waals surface area contributed by atoms with Crippen LogP contribution in [0, 0.1) is 5.82 Å². The maximum absolute atomic E-state index is 15.4. The summed E-state index contributed by atoms with van der Waals surface area (Å²) in [5.74, 6) is -4.52. The van der Waals surface area contributed by atoms with Crippen molar-refractivity contribution in [3.8, 4) is 0 Å². The molecule has 1 aliphatic rings. The van der Waals surface area contributed by atoms with Crippen molar-refractivity contribution >= 4 is 76.1 Å². The zero-order chi connectivity index (χ0) is 53.5. The van der Waals surface area contributed by atoms with E-state index in [2.05, 4.69) is 31.6 Å². The molecule has 6 N–H and O–H groups in total. The van der Waals surface area contributed by atoms with Crippen molar-refractivity contribution < 1.29 is 62.1 Å². The lowest BCUT2D eigenvalue weighted by molar-refractivity contribution is -0.129. The molecule has 24 heteroatoms. The second-order valence-corrected chi connectivity index (χ2v) is 18.8. The predicted octanol–water partition coefficient (Wildman–Crippen LogP) is 3.91. The van der Waals surface area contributed by atoms with Gasteiger partial charge in [-0.2, -0.15) is 0 Å². The minimum absolute atomic E-state index is 0.0161. The number of ether oxygens (including phenoxy) is 3. The van der Waals surface area contributed by atoms with Gasteiger partial charge in [0.25, 0.3) is 0 Å². The number of carboxylic acid groups (broad SMARTS) is 1. The van der Waals surface area contributed by atoms with Gasteiger partial charge in [0.05, 0.1) is 17.7 Å². The van der Waals surface area contributed by atoms with Crippen molar-refractivity contribution in [2.75, 3.05) is 63.6 Å². The minimum Gasteiger partial charge on any atom is -0.477 e. The Morgan fingerprint density at radius 2 is 1.47 bits per heavy atom. The highest BCUT2D eigenvalue weighted by atomic mass is 19.1. The molecule has 0 aliphatic carbocycles. The van der Waals surface area contributed by atoms with Gasteiger partial charge in [0.2, 0.25) is 35.0 Å². The topological polar surface area (TPSA) is 289 Å². The van der Waals surface area contributed by atoms with Gasteiger partial charge in [0, 0.05) is 83.5 Å². The molecule has 1 atom stereocenters. The van der Waals surface area contributed by atoms with E-state index in [1.807, 2.05) is 0 Å². The summed E-state index contributed by atoms with van der Waals surface area (Å²) in [6.45, 7) is 11.9. The predicted molar refractivity (Wildman–Crippen MR) is 263 cm³/mol. The number of aromatic nitrogens is 1. The lowest BCUT2D eigenvalue weighted by Crippen LogP contribution is -2.49. The number of carboxylic acids is 1. The minimum atomic E-state index is -1.41. The van der Waals surface area contributed by atoms with Gasteiger partial charge in [-0.1, -0.05) is 12.1 Å². The highest BCUT2D eigenvalue weighted by Gasteiger charge is 2.27. The number of aliphatic imine (C=N–C) groups is 1. The van der Waals surface area contributed by atoms with E-state index in [0.717, 1.165) is 6.07 Å². The Balaban J connectivity index is 1.39. The standard InChI is InChI=1S/C48H65FN10O13/c1-10-57-27-32(42(65)66)40(63)31-24-33(49)36(25-35(31)57)58-20-22-59(23-21-58)46(69)70-28-29-14-16-30(17-15-29)52-41(64)34(53-38(61)26-51-37(60)12-11-13-39(62)56(8)9)18-19-50-43(54-44(67)71-47(2,3)4)55-45(68)72-48(5,6)7/h14-17,24-25,27,34H,10-13,18-23,26,28H2,1-9H3,(H,51,60)(H,52,64)(H,53,61)(H,65,66)(H2,50,54,55,67,68)/t34-/m0/s1. The molecule has 0 radical (unpaired) electrons.